The Morgan fingerprint density at radius 1 is 1.50 bits per heavy atom. The lowest BCUT2D eigenvalue weighted by Gasteiger charge is -2.30. The van der Waals surface area contributed by atoms with Crippen LogP contribution in [0.5, 0.6) is 11.5 Å². The quantitative estimate of drug-likeness (QED) is 0.413. The monoisotopic (exact) mass is 348 g/mol. The second-order valence-corrected chi connectivity index (χ2v) is 5.53. The van der Waals surface area contributed by atoms with Crippen LogP contribution in [0, 0.1) is 0 Å². The number of allylic oxidation sites excluding steroid dienone is 1. The maximum Gasteiger partial charge on any atom is 0.338 e. The van der Waals surface area contributed by atoms with Gasteiger partial charge < -0.3 is 25.2 Å². The van der Waals surface area contributed by atoms with E-state index in [0.29, 0.717) is 28.7 Å². The number of carbonyl (C=O) groups is 1. The Kier molecular flexibility index (Phi) is 5.81. The van der Waals surface area contributed by atoms with Crippen LogP contribution in [0.1, 0.15) is 25.5 Å². The number of esters is 1. The van der Waals surface area contributed by atoms with Crippen molar-refractivity contribution in [2.24, 2.45) is 0 Å². The first-order valence-electron chi connectivity index (χ1n) is 7.50. The number of ether oxygens (including phenoxy) is 2. The Labute approximate surface area is 146 Å². The van der Waals surface area contributed by atoms with Crippen LogP contribution in [-0.2, 0) is 9.53 Å². The van der Waals surface area contributed by atoms with E-state index in [0.717, 1.165) is 5.56 Å². The first-order valence-corrected chi connectivity index (χ1v) is 7.90. The van der Waals surface area contributed by atoms with E-state index in [2.05, 4.69) is 17.2 Å². The fourth-order valence-electron chi connectivity index (χ4n) is 2.41. The fraction of sp³-hybridized carbons (Fsp3) is 0.294. The number of hydrogen-bond donors (Lipinski definition) is 3. The Morgan fingerprint density at radius 3 is 2.92 bits per heavy atom. The first kappa shape index (κ1) is 17.8. The summed E-state index contributed by atoms with van der Waals surface area (Å²) in [5.74, 6) is -0.0859. The van der Waals surface area contributed by atoms with Crippen molar-refractivity contribution >= 4 is 23.3 Å². The lowest BCUT2D eigenvalue weighted by molar-refractivity contribution is -0.138. The van der Waals surface area contributed by atoms with Crippen LogP contribution in [0.3, 0.4) is 0 Å². The Hall–Kier alpha value is -2.54. The van der Waals surface area contributed by atoms with Gasteiger partial charge in [0.25, 0.3) is 0 Å². The molecule has 0 fully saturated rings. The van der Waals surface area contributed by atoms with E-state index in [9.17, 15) is 9.90 Å². The molecule has 1 aliphatic rings. The van der Waals surface area contributed by atoms with Gasteiger partial charge in [0, 0.05) is 5.70 Å². The number of benzene rings is 1. The highest BCUT2D eigenvalue weighted by Crippen LogP contribution is 2.34. The molecule has 0 aliphatic carbocycles. The number of phenolic OH excluding ortho intramolecular Hbond substituents is 1. The second kappa shape index (κ2) is 7.83. The molecule has 1 atom stereocenters. The molecule has 0 radical (unpaired) electrons. The normalized spacial score (nSPS) is 16.9. The van der Waals surface area contributed by atoms with Crippen molar-refractivity contribution in [3.8, 4) is 11.5 Å². The lowest BCUT2D eigenvalue weighted by atomic mass is 9.95. The molecule has 6 nitrogen and oxygen atoms in total. The van der Waals surface area contributed by atoms with Crippen molar-refractivity contribution in [3.63, 3.8) is 0 Å². The zero-order chi connectivity index (χ0) is 17.7. The summed E-state index contributed by atoms with van der Waals surface area (Å²) in [6.45, 7) is 7.65. The number of carbonyl (C=O) groups excluding carboxylic acids is 1. The summed E-state index contributed by atoms with van der Waals surface area (Å²) in [7, 11) is 0. The van der Waals surface area contributed by atoms with E-state index in [1.54, 1.807) is 19.1 Å². The molecule has 2 rings (SSSR count). The molecule has 24 heavy (non-hydrogen) atoms. The maximum atomic E-state index is 12.4. The van der Waals surface area contributed by atoms with Gasteiger partial charge in [-0.05, 0) is 43.8 Å². The summed E-state index contributed by atoms with van der Waals surface area (Å²) in [6, 6.07) is 4.40. The third-order valence-corrected chi connectivity index (χ3v) is 3.66. The average molecular weight is 348 g/mol. The highest BCUT2D eigenvalue weighted by atomic mass is 32.1. The molecule has 0 spiro atoms. The van der Waals surface area contributed by atoms with Crippen molar-refractivity contribution in [2.45, 2.75) is 19.9 Å². The molecule has 0 saturated carbocycles. The number of nitrogens with one attached hydrogen (secondary N) is 2. The number of aromatic hydroxyl groups is 1. The van der Waals surface area contributed by atoms with Gasteiger partial charge >= 0.3 is 5.97 Å². The molecular weight excluding hydrogens is 328 g/mol. The van der Waals surface area contributed by atoms with Gasteiger partial charge in [-0.2, -0.15) is 0 Å². The van der Waals surface area contributed by atoms with Crippen LogP contribution in [0.2, 0.25) is 0 Å². The number of rotatable bonds is 6. The SMILES string of the molecule is C=CCOC(=O)C1=C(C)NC(=S)N[C@@H]1c1ccc(O)c(OCC)c1. The number of phenols is 1. The van der Waals surface area contributed by atoms with Crippen molar-refractivity contribution in [1.29, 1.82) is 0 Å². The van der Waals surface area contributed by atoms with Gasteiger partial charge in [0.05, 0.1) is 18.2 Å². The topological polar surface area (TPSA) is 79.8 Å². The number of hydrogen-bond acceptors (Lipinski definition) is 5. The van der Waals surface area contributed by atoms with Crippen LogP contribution in [-0.4, -0.2) is 29.4 Å². The predicted molar refractivity (Wildman–Crippen MR) is 94.7 cm³/mol. The van der Waals surface area contributed by atoms with E-state index < -0.39 is 12.0 Å². The van der Waals surface area contributed by atoms with Gasteiger partial charge in [-0.1, -0.05) is 18.7 Å². The van der Waals surface area contributed by atoms with E-state index in [4.69, 9.17) is 21.7 Å². The zero-order valence-corrected chi connectivity index (χ0v) is 14.4. The van der Waals surface area contributed by atoms with E-state index in [-0.39, 0.29) is 12.4 Å². The molecule has 0 aromatic heterocycles. The Morgan fingerprint density at radius 2 is 2.25 bits per heavy atom. The molecule has 1 aromatic carbocycles. The maximum absolute atomic E-state index is 12.4. The lowest BCUT2D eigenvalue weighted by Crippen LogP contribution is -2.45. The van der Waals surface area contributed by atoms with E-state index in [1.165, 1.54) is 12.1 Å². The minimum absolute atomic E-state index is 0.0357. The molecule has 0 bridgehead atoms. The van der Waals surface area contributed by atoms with Crippen molar-refractivity contribution in [2.75, 3.05) is 13.2 Å². The molecule has 1 heterocycles. The van der Waals surface area contributed by atoms with Crippen molar-refractivity contribution in [1.82, 2.24) is 10.6 Å². The molecule has 7 heteroatoms. The van der Waals surface area contributed by atoms with E-state index in [1.807, 2.05) is 6.92 Å². The largest absolute Gasteiger partial charge is 0.504 e. The van der Waals surface area contributed by atoms with Crippen molar-refractivity contribution in [3.05, 3.63) is 47.7 Å². The smallest absolute Gasteiger partial charge is 0.338 e. The number of thiocarbonyl (C=S) groups is 1. The Balaban J connectivity index is 2.43. The highest BCUT2D eigenvalue weighted by Gasteiger charge is 2.31. The summed E-state index contributed by atoms with van der Waals surface area (Å²) in [6.07, 6.45) is 1.50. The first-order chi connectivity index (χ1) is 11.5. The van der Waals surface area contributed by atoms with Gasteiger partial charge in [-0.15, -0.1) is 0 Å². The summed E-state index contributed by atoms with van der Waals surface area (Å²) in [5.41, 5.74) is 1.76. The standard InChI is InChI=1S/C17H20N2O4S/c1-4-8-23-16(21)14-10(3)18-17(24)19-15(14)11-6-7-12(20)13(9-11)22-5-2/h4,6-7,9,15,20H,1,5,8H2,2-3H3,(H2,18,19,24)/t15-/m1/s1. The summed E-state index contributed by atoms with van der Waals surface area (Å²) in [5, 5.41) is 16.3. The van der Waals surface area contributed by atoms with Gasteiger partial charge in [0.1, 0.15) is 6.61 Å². The molecule has 0 amide bonds. The van der Waals surface area contributed by atoms with Crippen molar-refractivity contribution < 1.29 is 19.4 Å². The molecule has 0 saturated heterocycles. The van der Waals surface area contributed by atoms with Gasteiger partial charge in [-0.3, -0.25) is 0 Å². The molecule has 1 aliphatic heterocycles. The van der Waals surface area contributed by atoms with Gasteiger partial charge in [0.15, 0.2) is 16.6 Å². The van der Waals surface area contributed by atoms with Crippen LogP contribution in [0.15, 0.2) is 42.1 Å². The van der Waals surface area contributed by atoms with Gasteiger partial charge in [0.2, 0.25) is 0 Å². The van der Waals surface area contributed by atoms with E-state index >= 15 is 0 Å². The zero-order valence-electron chi connectivity index (χ0n) is 13.6. The van der Waals surface area contributed by atoms with Crippen LogP contribution >= 0.6 is 12.2 Å². The second-order valence-electron chi connectivity index (χ2n) is 5.12. The molecule has 1 aromatic rings. The van der Waals surface area contributed by atoms with Crippen LogP contribution < -0.4 is 15.4 Å². The summed E-state index contributed by atoms with van der Waals surface area (Å²) < 4.78 is 10.6. The van der Waals surface area contributed by atoms with Crippen LogP contribution in [0.4, 0.5) is 0 Å². The fourth-order valence-corrected chi connectivity index (χ4v) is 2.68. The average Bonchev–Trinajstić information content (AvgIpc) is 2.54. The summed E-state index contributed by atoms with van der Waals surface area (Å²) in [4.78, 5) is 12.4. The highest BCUT2D eigenvalue weighted by molar-refractivity contribution is 7.80. The minimum Gasteiger partial charge on any atom is -0.504 e. The molecule has 128 valence electrons. The minimum atomic E-state index is -0.504. The molecule has 3 N–H and O–H groups in total. The van der Waals surface area contributed by atoms with Gasteiger partial charge in [-0.25, -0.2) is 4.79 Å². The third-order valence-electron chi connectivity index (χ3n) is 3.44. The third kappa shape index (κ3) is 3.86. The molecular formula is C17H20N2O4S. The summed E-state index contributed by atoms with van der Waals surface area (Å²) >= 11 is 5.19. The predicted octanol–water partition coefficient (Wildman–Crippen LogP) is 2.31. The molecule has 0 unspecified atom stereocenters. The van der Waals surface area contributed by atoms with Crippen LogP contribution in [0.25, 0.3) is 0 Å². The Bertz CT molecular complexity index is 700.